The zero-order chi connectivity index (χ0) is 11.4. The lowest BCUT2D eigenvalue weighted by molar-refractivity contribution is 0.627. The van der Waals surface area contributed by atoms with Crippen molar-refractivity contribution in [3.63, 3.8) is 0 Å². The van der Waals surface area contributed by atoms with E-state index in [1.54, 1.807) is 6.33 Å². The summed E-state index contributed by atoms with van der Waals surface area (Å²) in [5, 5.41) is 11.1. The van der Waals surface area contributed by atoms with Crippen LogP contribution in [0.15, 0.2) is 24.7 Å². The van der Waals surface area contributed by atoms with Gasteiger partial charge in [-0.25, -0.2) is 0 Å². The number of aryl methyl sites for hydroxylation is 2. The largest absolute Gasteiger partial charge is 0.320 e. The van der Waals surface area contributed by atoms with E-state index in [1.165, 1.54) is 5.56 Å². The Morgan fingerprint density at radius 2 is 2.25 bits per heavy atom. The number of nitrogens with one attached hydrogen (secondary N) is 1. The number of rotatable bonds is 4. The molecule has 5 nitrogen and oxygen atoms in total. The fraction of sp³-hybridized carbons (Fsp3) is 0.364. The smallest absolute Gasteiger partial charge is 0.146 e. The third-order valence-electron chi connectivity index (χ3n) is 2.50. The molecule has 0 saturated heterocycles. The molecule has 0 aliphatic rings. The van der Waals surface area contributed by atoms with Crippen LogP contribution in [0.2, 0.25) is 0 Å². The number of nitrogens with zero attached hydrogens (tertiary/aromatic N) is 4. The zero-order valence-corrected chi connectivity index (χ0v) is 9.51. The first-order chi connectivity index (χ1) is 7.77. The summed E-state index contributed by atoms with van der Waals surface area (Å²) in [4.78, 5) is 4.31. The molecule has 0 aliphatic carbocycles. The molecule has 1 N–H and O–H groups in total. The van der Waals surface area contributed by atoms with Crippen LogP contribution in [0.25, 0.3) is 0 Å². The van der Waals surface area contributed by atoms with Gasteiger partial charge in [0.1, 0.15) is 12.2 Å². The summed E-state index contributed by atoms with van der Waals surface area (Å²) in [6.45, 7) is 3.51. The minimum atomic E-state index is 0.701. The first-order valence-electron chi connectivity index (χ1n) is 5.21. The molecule has 0 saturated carbocycles. The second-order valence-corrected chi connectivity index (χ2v) is 3.73. The second-order valence-electron chi connectivity index (χ2n) is 3.73. The molecule has 2 aromatic heterocycles. The molecule has 84 valence electrons. The van der Waals surface area contributed by atoms with Gasteiger partial charge in [0.15, 0.2) is 0 Å². The van der Waals surface area contributed by atoms with E-state index in [-0.39, 0.29) is 0 Å². The van der Waals surface area contributed by atoms with Crippen molar-refractivity contribution in [1.29, 1.82) is 0 Å². The first kappa shape index (κ1) is 10.8. The average molecular weight is 217 g/mol. The van der Waals surface area contributed by atoms with E-state index in [1.807, 2.05) is 23.9 Å². The zero-order valence-electron chi connectivity index (χ0n) is 9.51. The lowest BCUT2D eigenvalue weighted by Crippen LogP contribution is -2.17. The fourth-order valence-electron chi connectivity index (χ4n) is 1.46. The highest BCUT2D eigenvalue weighted by atomic mass is 15.3. The Kier molecular flexibility index (Phi) is 3.26. The van der Waals surface area contributed by atoms with E-state index >= 15 is 0 Å². The molecule has 0 fully saturated rings. The quantitative estimate of drug-likeness (QED) is 0.823. The van der Waals surface area contributed by atoms with Crippen molar-refractivity contribution in [3.05, 3.63) is 41.7 Å². The van der Waals surface area contributed by atoms with Crippen LogP contribution in [0, 0.1) is 6.92 Å². The highest BCUT2D eigenvalue weighted by Gasteiger charge is 2.01. The summed E-state index contributed by atoms with van der Waals surface area (Å²) in [6.07, 6.45) is 3.51. The molecule has 0 unspecified atom stereocenters. The maximum Gasteiger partial charge on any atom is 0.146 e. The van der Waals surface area contributed by atoms with Crippen molar-refractivity contribution >= 4 is 0 Å². The van der Waals surface area contributed by atoms with Gasteiger partial charge in [-0.05, 0) is 18.6 Å². The van der Waals surface area contributed by atoms with Gasteiger partial charge in [-0.1, -0.05) is 6.07 Å². The molecule has 2 aromatic rings. The van der Waals surface area contributed by atoms with Crippen molar-refractivity contribution in [2.45, 2.75) is 20.0 Å². The number of pyridine rings is 1. The van der Waals surface area contributed by atoms with E-state index in [2.05, 4.69) is 33.5 Å². The van der Waals surface area contributed by atoms with Crippen molar-refractivity contribution in [3.8, 4) is 0 Å². The van der Waals surface area contributed by atoms with E-state index in [0.29, 0.717) is 6.54 Å². The summed E-state index contributed by atoms with van der Waals surface area (Å²) in [6, 6.07) is 4.01. The Balaban J connectivity index is 1.89. The predicted molar refractivity (Wildman–Crippen MR) is 60.5 cm³/mol. The summed E-state index contributed by atoms with van der Waals surface area (Å²) < 4.78 is 1.90. The van der Waals surface area contributed by atoms with Gasteiger partial charge in [-0.3, -0.25) is 4.98 Å². The van der Waals surface area contributed by atoms with Crippen molar-refractivity contribution in [2.24, 2.45) is 7.05 Å². The third-order valence-corrected chi connectivity index (χ3v) is 2.50. The van der Waals surface area contributed by atoms with Crippen molar-refractivity contribution in [1.82, 2.24) is 25.1 Å². The van der Waals surface area contributed by atoms with Crippen LogP contribution in [0.3, 0.4) is 0 Å². The maximum absolute atomic E-state index is 4.31. The molecule has 2 heterocycles. The fourth-order valence-corrected chi connectivity index (χ4v) is 1.46. The van der Waals surface area contributed by atoms with Crippen LogP contribution in [-0.2, 0) is 20.1 Å². The van der Waals surface area contributed by atoms with E-state index in [0.717, 1.165) is 18.1 Å². The van der Waals surface area contributed by atoms with Crippen molar-refractivity contribution < 1.29 is 0 Å². The minimum absolute atomic E-state index is 0.701. The molecule has 0 spiro atoms. The molecule has 0 amide bonds. The third kappa shape index (κ3) is 2.43. The Morgan fingerprint density at radius 1 is 1.38 bits per heavy atom. The molecule has 0 atom stereocenters. The van der Waals surface area contributed by atoms with Gasteiger partial charge in [0.05, 0.1) is 12.2 Å². The van der Waals surface area contributed by atoms with Crippen LogP contribution in [0.5, 0.6) is 0 Å². The summed E-state index contributed by atoms with van der Waals surface area (Å²) in [5.74, 6) is 0.925. The van der Waals surface area contributed by atoms with Gasteiger partial charge in [0, 0.05) is 19.8 Å². The van der Waals surface area contributed by atoms with Gasteiger partial charge in [0.2, 0.25) is 0 Å². The minimum Gasteiger partial charge on any atom is -0.320 e. The standard InChI is InChI=1S/C11H15N5/c1-9-4-3-5-13-10(9)6-12-7-11-15-14-8-16(11)2/h3-5,8,12H,6-7H2,1-2H3. The lowest BCUT2D eigenvalue weighted by Gasteiger charge is -2.05. The molecule has 0 aromatic carbocycles. The highest BCUT2D eigenvalue weighted by Crippen LogP contribution is 2.02. The molecule has 0 aliphatic heterocycles. The van der Waals surface area contributed by atoms with Crippen LogP contribution in [0.4, 0.5) is 0 Å². The first-order valence-corrected chi connectivity index (χ1v) is 5.21. The second kappa shape index (κ2) is 4.85. The van der Waals surface area contributed by atoms with Gasteiger partial charge < -0.3 is 9.88 Å². The van der Waals surface area contributed by atoms with Gasteiger partial charge in [-0.15, -0.1) is 10.2 Å². The maximum atomic E-state index is 4.31. The van der Waals surface area contributed by atoms with Gasteiger partial charge >= 0.3 is 0 Å². The van der Waals surface area contributed by atoms with E-state index in [4.69, 9.17) is 0 Å². The molecule has 0 bridgehead atoms. The van der Waals surface area contributed by atoms with Crippen molar-refractivity contribution in [2.75, 3.05) is 0 Å². The van der Waals surface area contributed by atoms with Crippen LogP contribution in [-0.4, -0.2) is 19.7 Å². The Labute approximate surface area is 94.5 Å². The SMILES string of the molecule is Cc1cccnc1CNCc1nncn1C. The molecule has 0 radical (unpaired) electrons. The van der Waals surface area contributed by atoms with Crippen LogP contribution in [0.1, 0.15) is 17.1 Å². The Hall–Kier alpha value is -1.75. The van der Waals surface area contributed by atoms with Gasteiger partial charge in [-0.2, -0.15) is 0 Å². The molecule has 2 rings (SSSR count). The highest BCUT2D eigenvalue weighted by molar-refractivity contribution is 5.17. The Bertz CT molecular complexity index is 463. The number of hydrogen-bond acceptors (Lipinski definition) is 4. The Morgan fingerprint density at radius 3 is 2.94 bits per heavy atom. The number of hydrogen-bond donors (Lipinski definition) is 1. The molecular weight excluding hydrogens is 202 g/mol. The number of aromatic nitrogens is 4. The molecule has 5 heteroatoms. The van der Waals surface area contributed by atoms with E-state index < -0.39 is 0 Å². The topological polar surface area (TPSA) is 55.6 Å². The lowest BCUT2D eigenvalue weighted by atomic mass is 10.2. The summed E-state index contributed by atoms with van der Waals surface area (Å²) >= 11 is 0. The van der Waals surface area contributed by atoms with Crippen LogP contribution < -0.4 is 5.32 Å². The van der Waals surface area contributed by atoms with Gasteiger partial charge in [0.25, 0.3) is 0 Å². The van der Waals surface area contributed by atoms with E-state index in [9.17, 15) is 0 Å². The average Bonchev–Trinajstić information content (AvgIpc) is 2.67. The summed E-state index contributed by atoms with van der Waals surface area (Å²) in [7, 11) is 1.93. The summed E-state index contributed by atoms with van der Waals surface area (Å²) in [5.41, 5.74) is 2.28. The molecular formula is C11H15N5. The van der Waals surface area contributed by atoms with Crippen LogP contribution >= 0.6 is 0 Å². The molecule has 16 heavy (non-hydrogen) atoms. The normalized spacial score (nSPS) is 10.6. The predicted octanol–water partition coefficient (Wildman–Crippen LogP) is 0.808. The monoisotopic (exact) mass is 217 g/mol.